The van der Waals surface area contributed by atoms with Gasteiger partial charge in [0, 0.05) is 18.6 Å². The summed E-state index contributed by atoms with van der Waals surface area (Å²) in [6, 6.07) is 0.939. The number of carbonyl (C=O) groups is 1. The molecule has 90 valence electrons. The van der Waals surface area contributed by atoms with Crippen LogP contribution in [0.5, 0.6) is 0 Å². The van der Waals surface area contributed by atoms with Crippen molar-refractivity contribution in [3.63, 3.8) is 0 Å². The maximum Gasteiger partial charge on any atom is 0.240 e. The Bertz CT molecular complexity index is 301. The third-order valence-corrected chi connectivity index (χ3v) is 4.41. The standard InChI is InChI=1S/C12H21N3O/c13-12(5-6-12)11(16)14-9-4-8-15-7-2-1-3-10(9)15/h9-10H,1-8,13H2,(H,14,16). The van der Waals surface area contributed by atoms with Crippen molar-refractivity contribution >= 4 is 5.91 Å². The van der Waals surface area contributed by atoms with Crippen LogP contribution >= 0.6 is 0 Å². The summed E-state index contributed by atoms with van der Waals surface area (Å²) in [5.41, 5.74) is 5.40. The molecule has 0 aromatic heterocycles. The van der Waals surface area contributed by atoms with Gasteiger partial charge < -0.3 is 11.1 Å². The zero-order valence-electron chi connectivity index (χ0n) is 9.74. The topological polar surface area (TPSA) is 58.4 Å². The van der Waals surface area contributed by atoms with Gasteiger partial charge >= 0.3 is 0 Å². The number of hydrogen-bond donors (Lipinski definition) is 2. The summed E-state index contributed by atoms with van der Waals surface area (Å²) < 4.78 is 0. The molecule has 1 aliphatic carbocycles. The van der Waals surface area contributed by atoms with Crippen LogP contribution in [0.4, 0.5) is 0 Å². The van der Waals surface area contributed by atoms with E-state index in [0.717, 1.165) is 25.8 Å². The van der Waals surface area contributed by atoms with Crippen molar-refractivity contribution in [2.24, 2.45) is 5.73 Å². The predicted molar refractivity (Wildman–Crippen MR) is 61.9 cm³/mol. The van der Waals surface area contributed by atoms with E-state index in [-0.39, 0.29) is 5.91 Å². The van der Waals surface area contributed by atoms with E-state index in [4.69, 9.17) is 5.73 Å². The Morgan fingerprint density at radius 3 is 2.81 bits per heavy atom. The van der Waals surface area contributed by atoms with Crippen LogP contribution in [0, 0.1) is 0 Å². The number of amides is 1. The van der Waals surface area contributed by atoms with Crippen LogP contribution in [0.15, 0.2) is 0 Å². The fourth-order valence-electron chi connectivity index (χ4n) is 3.09. The third kappa shape index (κ3) is 1.74. The van der Waals surface area contributed by atoms with Gasteiger partial charge in [0.2, 0.25) is 5.91 Å². The zero-order chi connectivity index (χ0) is 11.2. The highest BCUT2D eigenvalue weighted by molar-refractivity contribution is 5.89. The van der Waals surface area contributed by atoms with Gasteiger partial charge in [-0.3, -0.25) is 9.69 Å². The smallest absolute Gasteiger partial charge is 0.240 e. The van der Waals surface area contributed by atoms with Crippen LogP contribution in [-0.2, 0) is 4.79 Å². The summed E-state index contributed by atoms with van der Waals surface area (Å²) in [7, 11) is 0. The second-order valence-corrected chi connectivity index (χ2v) is 5.62. The van der Waals surface area contributed by atoms with E-state index < -0.39 is 5.54 Å². The minimum atomic E-state index is -0.512. The molecule has 4 heteroatoms. The first-order chi connectivity index (χ1) is 7.69. The molecule has 4 nitrogen and oxygen atoms in total. The van der Waals surface area contributed by atoms with Crippen LogP contribution < -0.4 is 11.1 Å². The van der Waals surface area contributed by atoms with E-state index in [2.05, 4.69) is 10.2 Å². The second-order valence-electron chi connectivity index (χ2n) is 5.62. The quantitative estimate of drug-likeness (QED) is 0.704. The molecule has 16 heavy (non-hydrogen) atoms. The Labute approximate surface area is 96.5 Å². The average Bonchev–Trinajstić information content (AvgIpc) is 2.92. The number of hydrogen-bond acceptors (Lipinski definition) is 3. The monoisotopic (exact) mass is 223 g/mol. The van der Waals surface area contributed by atoms with Gasteiger partial charge in [-0.15, -0.1) is 0 Å². The summed E-state index contributed by atoms with van der Waals surface area (Å²) in [6.07, 6.45) is 6.69. The van der Waals surface area contributed by atoms with Gasteiger partial charge in [-0.1, -0.05) is 6.42 Å². The highest BCUT2D eigenvalue weighted by atomic mass is 16.2. The van der Waals surface area contributed by atoms with Crippen molar-refractivity contribution in [2.45, 2.75) is 56.1 Å². The molecule has 3 rings (SSSR count). The second kappa shape index (κ2) is 3.70. The van der Waals surface area contributed by atoms with Crippen molar-refractivity contribution in [3.05, 3.63) is 0 Å². The molecule has 2 atom stereocenters. The zero-order valence-corrected chi connectivity index (χ0v) is 9.74. The lowest BCUT2D eigenvalue weighted by Gasteiger charge is -2.32. The van der Waals surface area contributed by atoms with Crippen LogP contribution in [0.2, 0.25) is 0 Å². The summed E-state index contributed by atoms with van der Waals surface area (Å²) in [5, 5.41) is 3.17. The molecule has 0 radical (unpaired) electrons. The number of rotatable bonds is 2. The molecule has 2 aliphatic heterocycles. The lowest BCUT2D eigenvalue weighted by Crippen LogP contribution is -2.52. The highest BCUT2D eigenvalue weighted by Gasteiger charge is 2.47. The first-order valence-electron chi connectivity index (χ1n) is 6.53. The SMILES string of the molecule is NC1(C(=O)NC2CCN3CCCCC23)CC1. The Morgan fingerprint density at radius 2 is 2.06 bits per heavy atom. The van der Waals surface area contributed by atoms with Gasteiger partial charge in [0.15, 0.2) is 0 Å². The van der Waals surface area contributed by atoms with Crippen LogP contribution in [-0.4, -0.2) is 41.5 Å². The number of nitrogens with two attached hydrogens (primary N) is 1. The van der Waals surface area contributed by atoms with E-state index in [1.807, 2.05) is 0 Å². The molecular formula is C12H21N3O. The van der Waals surface area contributed by atoms with Crippen LogP contribution in [0.1, 0.15) is 38.5 Å². The first-order valence-corrected chi connectivity index (χ1v) is 6.53. The molecule has 0 bridgehead atoms. The molecular weight excluding hydrogens is 202 g/mol. The number of nitrogens with zero attached hydrogens (tertiary/aromatic N) is 1. The Morgan fingerprint density at radius 1 is 1.25 bits per heavy atom. The molecule has 0 aromatic carbocycles. The number of nitrogens with one attached hydrogen (secondary N) is 1. The fraction of sp³-hybridized carbons (Fsp3) is 0.917. The van der Waals surface area contributed by atoms with Gasteiger partial charge in [0.1, 0.15) is 0 Å². The van der Waals surface area contributed by atoms with Crippen molar-refractivity contribution in [3.8, 4) is 0 Å². The maximum atomic E-state index is 11.9. The number of carbonyl (C=O) groups excluding carboxylic acids is 1. The van der Waals surface area contributed by atoms with Gasteiger partial charge in [-0.05, 0) is 38.6 Å². The van der Waals surface area contributed by atoms with E-state index in [1.165, 1.54) is 25.8 Å². The van der Waals surface area contributed by atoms with Gasteiger partial charge in [0.25, 0.3) is 0 Å². The number of piperidine rings is 1. The largest absolute Gasteiger partial charge is 0.350 e. The lowest BCUT2D eigenvalue weighted by atomic mass is 9.99. The normalized spacial score (nSPS) is 36.8. The van der Waals surface area contributed by atoms with E-state index in [9.17, 15) is 4.79 Å². The molecule has 3 fully saturated rings. The van der Waals surface area contributed by atoms with Crippen LogP contribution in [0.25, 0.3) is 0 Å². The summed E-state index contributed by atoms with van der Waals surface area (Å²) >= 11 is 0. The Kier molecular flexibility index (Phi) is 2.44. The summed E-state index contributed by atoms with van der Waals surface area (Å²) in [4.78, 5) is 14.4. The van der Waals surface area contributed by atoms with E-state index >= 15 is 0 Å². The number of fused-ring (bicyclic) bond motifs is 1. The minimum absolute atomic E-state index is 0.0879. The molecule has 2 saturated heterocycles. The fourth-order valence-corrected chi connectivity index (χ4v) is 3.09. The van der Waals surface area contributed by atoms with Crippen molar-refractivity contribution in [1.29, 1.82) is 0 Å². The van der Waals surface area contributed by atoms with Gasteiger partial charge in [-0.25, -0.2) is 0 Å². The van der Waals surface area contributed by atoms with Gasteiger partial charge in [0.05, 0.1) is 5.54 Å². The molecule has 0 spiro atoms. The highest BCUT2D eigenvalue weighted by Crippen LogP contribution is 2.33. The third-order valence-electron chi connectivity index (χ3n) is 4.41. The molecule has 1 amide bonds. The lowest BCUT2D eigenvalue weighted by molar-refractivity contribution is -0.124. The predicted octanol–water partition coefficient (Wildman–Crippen LogP) is 0.221. The minimum Gasteiger partial charge on any atom is -0.350 e. The molecule has 2 heterocycles. The Balaban J connectivity index is 1.61. The average molecular weight is 223 g/mol. The molecule has 1 saturated carbocycles. The maximum absolute atomic E-state index is 11.9. The van der Waals surface area contributed by atoms with Crippen LogP contribution in [0.3, 0.4) is 0 Å². The summed E-state index contributed by atoms with van der Waals surface area (Å²) in [6.45, 7) is 2.36. The van der Waals surface area contributed by atoms with Crippen molar-refractivity contribution < 1.29 is 4.79 Å². The molecule has 0 aromatic rings. The van der Waals surface area contributed by atoms with Crippen molar-refractivity contribution in [2.75, 3.05) is 13.1 Å². The first kappa shape index (κ1) is 10.5. The molecule has 3 N–H and O–H groups in total. The summed E-state index contributed by atoms with van der Waals surface area (Å²) in [5.74, 6) is 0.0879. The van der Waals surface area contributed by atoms with E-state index in [1.54, 1.807) is 0 Å². The van der Waals surface area contributed by atoms with Crippen molar-refractivity contribution in [1.82, 2.24) is 10.2 Å². The molecule has 3 aliphatic rings. The molecule has 2 unspecified atom stereocenters. The Hall–Kier alpha value is -0.610. The van der Waals surface area contributed by atoms with E-state index in [0.29, 0.717) is 12.1 Å². The van der Waals surface area contributed by atoms with Gasteiger partial charge in [-0.2, -0.15) is 0 Å².